The summed E-state index contributed by atoms with van der Waals surface area (Å²) in [6, 6.07) is 3.76. The molecule has 2 aliphatic rings. The third kappa shape index (κ3) is 6.64. The molecule has 2 amide bonds. The van der Waals surface area contributed by atoms with Crippen LogP contribution in [0.2, 0.25) is 0 Å². The Morgan fingerprint density at radius 2 is 1.86 bits per heavy atom. The van der Waals surface area contributed by atoms with Crippen molar-refractivity contribution in [3.63, 3.8) is 0 Å². The van der Waals surface area contributed by atoms with Gasteiger partial charge in [0.05, 0.1) is 18.1 Å². The van der Waals surface area contributed by atoms with Crippen molar-refractivity contribution in [2.75, 3.05) is 34.8 Å². The Labute approximate surface area is 216 Å². The maximum absolute atomic E-state index is 12.2. The summed E-state index contributed by atoms with van der Waals surface area (Å²) >= 11 is 0. The normalized spacial score (nSPS) is 20.0. The van der Waals surface area contributed by atoms with E-state index in [-0.39, 0.29) is 40.8 Å². The molecule has 13 heteroatoms. The van der Waals surface area contributed by atoms with E-state index in [1.165, 1.54) is 6.20 Å². The van der Waals surface area contributed by atoms with Gasteiger partial charge in [-0.3, -0.25) is 9.78 Å². The van der Waals surface area contributed by atoms with E-state index < -0.39 is 21.8 Å². The topological polar surface area (TPSA) is 183 Å². The minimum atomic E-state index is -3.00. The second kappa shape index (κ2) is 10.9. The van der Waals surface area contributed by atoms with E-state index in [9.17, 15) is 18.0 Å². The lowest BCUT2D eigenvalue weighted by molar-refractivity contribution is 0.0959. The number of primary amides is 2. The fourth-order valence-electron chi connectivity index (χ4n) is 4.65. The fraction of sp³-hybridized carbons (Fsp3) is 0.542. The molecule has 200 valence electrons. The second-order valence-electron chi connectivity index (χ2n) is 9.86. The molecule has 37 heavy (non-hydrogen) atoms. The molecule has 0 radical (unpaired) electrons. The summed E-state index contributed by atoms with van der Waals surface area (Å²) < 4.78 is 29.0. The van der Waals surface area contributed by atoms with Gasteiger partial charge < -0.3 is 26.4 Å². The lowest BCUT2D eigenvalue weighted by Crippen LogP contribution is -2.42. The van der Waals surface area contributed by atoms with E-state index in [1.54, 1.807) is 0 Å². The number of rotatable bonds is 7. The van der Waals surface area contributed by atoms with E-state index in [4.69, 9.17) is 21.2 Å². The first-order chi connectivity index (χ1) is 17.5. The lowest BCUT2D eigenvalue weighted by Gasteiger charge is -2.32. The van der Waals surface area contributed by atoms with E-state index in [2.05, 4.69) is 15.3 Å². The van der Waals surface area contributed by atoms with Crippen LogP contribution in [0.4, 0.5) is 22.2 Å². The van der Waals surface area contributed by atoms with Crippen LogP contribution in [0.3, 0.4) is 0 Å². The van der Waals surface area contributed by atoms with Crippen LogP contribution in [-0.2, 0) is 14.6 Å². The number of ether oxygens (including phenoxy) is 1. The van der Waals surface area contributed by atoms with E-state index in [0.29, 0.717) is 44.0 Å². The van der Waals surface area contributed by atoms with Gasteiger partial charge in [-0.25, -0.2) is 18.2 Å². The predicted molar refractivity (Wildman–Crippen MR) is 139 cm³/mol. The molecular formula is C24H33N7O5S. The van der Waals surface area contributed by atoms with Crippen LogP contribution in [0.25, 0.3) is 0 Å². The van der Waals surface area contributed by atoms with Crippen LogP contribution in [-0.4, -0.2) is 66.1 Å². The van der Waals surface area contributed by atoms with Crippen LogP contribution in [0.1, 0.15) is 73.1 Å². The number of carbonyl (C=O) groups is 2. The van der Waals surface area contributed by atoms with Crippen molar-refractivity contribution in [1.82, 2.24) is 15.0 Å². The summed E-state index contributed by atoms with van der Waals surface area (Å²) in [7, 11) is -3.00. The molecule has 2 aromatic heterocycles. The number of carbonyl (C=O) groups excluding carboxylic acids is 2. The molecule has 4 rings (SSSR count). The van der Waals surface area contributed by atoms with E-state index in [0.717, 1.165) is 17.8 Å². The number of piperidine rings is 1. The highest BCUT2D eigenvalue weighted by molar-refractivity contribution is 7.91. The first-order valence-corrected chi connectivity index (χ1v) is 14.2. The maximum Gasteiger partial charge on any atom is 0.404 e. The Morgan fingerprint density at radius 3 is 2.51 bits per heavy atom. The largest absolute Gasteiger partial charge is 0.445 e. The quantitative estimate of drug-likeness (QED) is 0.478. The molecule has 0 aliphatic carbocycles. The van der Waals surface area contributed by atoms with Gasteiger partial charge in [0, 0.05) is 35.7 Å². The zero-order valence-electron chi connectivity index (χ0n) is 21.0. The molecule has 0 saturated carbocycles. The van der Waals surface area contributed by atoms with Crippen molar-refractivity contribution in [2.45, 2.75) is 57.5 Å². The number of sulfone groups is 1. The first-order valence-electron chi connectivity index (χ1n) is 12.4. The highest BCUT2D eigenvalue weighted by Crippen LogP contribution is 2.32. The van der Waals surface area contributed by atoms with Gasteiger partial charge >= 0.3 is 6.09 Å². The maximum atomic E-state index is 12.2. The average Bonchev–Trinajstić information content (AvgIpc) is 2.83. The number of nitrogens with two attached hydrogens (primary N) is 2. The van der Waals surface area contributed by atoms with Crippen LogP contribution in [0.15, 0.2) is 18.3 Å². The van der Waals surface area contributed by atoms with Gasteiger partial charge in [0.1, 0.15) is 27.3 Å². The third-order valence-electron chi connectivity index (χ3n) is 6.68. The molecule has 0 aromatic carbocycles. The highest BCUT2D eigenvalue weighted by Gasteiger charge is 2.28. The van der Waals surface area contributed by atoms with Gasteiger partial charge in [0.15, 0.2) is 0 Å². The lowest BCUT2D eigenvalue weighted by atomic mass is 9.96. The second-order valence-corrected chi connectivity index (χ2v) is 12.2. The SMILES string of the molecule is CC(C)c1cc(Nc2nc(N3CCCC(OC(N)=O)C3)ncc2C(N)=O)cc(C2CCS(=O)(=O)CC2)n1. The van der Waals surface area contributed by atoms with Crippen molar-refractivity contribution in [3.05, 3.63) is 35.3 Å². The van der Waals surface area contributed by atoms with Crippen molar-refractivity contribution in [2.24, 2.45) is 11.5 Å². The molecule has 5 N–H and O–H groups in total. The number of hydrogen-bond donors (Lipinski definition) is 3. The Kier molecular flexibility index (Phi) is 7.81. The van der Waals surface area contributed by atoms with Gasteiger partial charge in [-0.05, 0) is 43.7 Å². The third-order valence-corrected chi connectivity index (χ3v) is 8.39. The highest BCUT2D eigenvalue weighted by atomic mass is 32.2. The van der Waals surface area contributed by atoms with Crippen LogP contribution >= 0.6 is 0 Å². The summed E-state index contributed by atoms with van der Waals surface area (Å²) in [5, 5.41) is 3.23. The zero-order valence-corrected chi connectivity index (χ0v) is 21.8. The molecule has 2 saturated heterocycles. The van der Waals surface area contributed by atoms with Gasteiger partial charge in [-0.1, -0.05) is 13.8 Å². The van der Waals surface area contributed by atoms with Crippen molar-refractivity contribution in [3.8, 4) is 0 Å². The molecule has 2 aliphatic heterocycles. The molecule has 1 atom stereocenters. The Bertz CT molecular complexity index is 1270. The summed E-state index contributed by atoms with van der Waals surface area (Å²) in [6.45, 7) is 5.08. The number of hydrogen-bond acceptors (Lipinski definition) is 10. The summed E-state index contributed by atoms with van der Waals surface area (Å²) in [4.78, 5) is 39.0. The van der Waals surface area contributed by atoms with Crippen molar-refractivity contribution < 1.29 is 22.7 Å². The minimum absolute atomic E-state index is 0.0230. The molecule has 1 unspecified atom stereocenters. The van der Waals surface area contributed by atoms with Crippen LogP contribution in [0.5, 0.6) is 0 Å². The van der Waals surface area contributed by atoms with Gasteiger partial charge in [0.2, 0.25) is 5.95 Å². The van der Waals surface area contributed by atoms with Crippen molar-refractivity contribution in [1.29, 1.82) is 0 Å². The van der Waals surface area contributed by atoms with Gasteiger partial charge in [-0.2, -0.15) is 4.98 Å². The van der Waals surface area contributed by atoms with Gasteiger partial charge in [0.25, 0.3) is 5.91 Å². The summed E-state index contributed by atoms with van der Waals surface area (Å²) in [6.07, 6.45) is 2.65. The molecule has 2 aromatic rings. The fourth-order valence-corrected chi connectivity index (χ4v) is 6.15. The number of amides is 2. The Morgan fingerprint density at radius 1 is 1.14 bits per heavy atom. The number of aromatic nitrogens is 3. The standard InChI is InChI=1S/C24H33N7O5S/c1-14(2)19-10-16(11-20(29-19)15-5-8-37(34,35)9-6-15)28-22-18(21(25)32)12-27-24(30-22)31-7-3-4-17(13-31)36-23(26)33/h10-12,14-15,17H,3-9,13H2,1-2H3,(H2,25,32)(H2,26,33)(H,27,28,29,30). The molecule has 2 fully saturated rings. The monoisotopic (exact) mass is 531 g/mol. The number of pyridine rings is 1. The molecule has 0 spiro atoms. The summed E-state index contributed by atoms with van der Waals surface area (Å²) in [5.74, 6) is 0.361. The van der Waals surface area contributed by atoms with Crippen LogP contribution in [0, 0.1) is 0 Å². The zero-order chi connectivity index (χ0) is 26.7. The van der Waals surface area contributed by atoms with E-state index >= 15 is 0 Å². The minimum Gasteiger partial charge on any atom is -0.445 e. The average molecular weight is 532 g/mol. The van der Waals surface area contributed by atoms with E-state index in [1.807, 2.05) is 30.9 Å². The number of anilines is 3. The first kappa shape index (κ1) is 26.6. The van der Waals surface area contributed by atoms with Gasteiger partial charge in [-0.15, -0.1) is 0 Å². The number of nitrogens with zero attached hydrogens (tertiary/aromatic N) is 4. The van der Waals surface area contributed by atoms with Crippen LogP contribution < -0.4 is 21.7 Å². The Hall–Kier alpha value is -3.48. The molecule has 4 heterocycles. The Balaban J connectivity index is 1.64. The smallest absolute Gasteiger partial charge is 0.404 e. The number of nitrogens with one attached hydrogen (secondary N) is 1. The summed E-state index contributed by atoms with van der Waals surface area (Å²) in [5.41, 5.74) is 13.2. The molecule has 0 bridgehead atoms. The predicted octanol–water partition coefficient (Wildman–Crippen LogP) is 2.19. The molecular weight excluding hydrogens is 498 g/mol. The van der Waals surface area contributed by atoms with Crippen molar-refractivity contribution >= 4 is 39.3 Å². The molecule has 12 nitrogen and oxygen atoms in total.